The zero-order chi connectivity index (χ0) is 26.5. The maximum Gasteiger partial charge on any atom is 0.341 e. The Labute approximate surface area is 213 Å². The SMILES string of the molecule is CCOC(=O)c1cc2c(=O)n3cccc(C)c3nc2n(CCCOC(C)C)c1=NC(=O)c1ccncc1. The smallest absolute Gasteiger partial charge is 0.341 e. The average molecular weight is 504 g/mol. The van der Waals surface area contributed by atoms with Crippen LogP contribution in [0.25, 0.3) is 16.7 Å². The number of pyridine rings is 3. The molecule has 192 valence electrons. The summed E-state index contributed by atoms with van der Waals surface area (Å²) in [6.07, 6.45) is 5.19. The highest BCUT2D eigenvalue weighted by molar-refractivity contribution is 5.97. The summed E-state index contributed by atoms with van der Waals surface area (Å²) in [5, 5.41) is 0.214. The van der Waals surface area contributed by atoms with Crippen molar-refractivity contribution in [2.75, 3.05) is 13.2 Å². The highest BCUT2D eigenvalue weighted by Crippen LogP contribution is 2.14. The van der Waals surface area contributed by atoms with E-state index in [1.807, 2.05) is 26.8 Å². The fourth-order valence-corrected chi connectivity index (χ4v) is 3.98. The first-order chi connectivity index (χ1) is 17.8. The number of hydrogen-bond acceptors (Lipinski definition) is 7. The van der Waals surface area contributed by atoms with Gasteiger partial charge >= 0.3 is 5.97 Å². The van der Waals surface area contributed by atoms with E-state index in [0.29, 0.717) is 36.4 Å². The van der Waals surface area contributed by atoms with E-state index in [1.165, 1.54) is 22.9 Å². The van der Waals surface area contributed by atoms with Crippen LogP contribution in [0.3, 0.4) is 0 Å². The molecule has 4 heterocycles. The molecule has 4 rings (SSSR count). The average Bonchev–Trinajstić information content (AvgIpc) is 2.88. The van der Waals surface area contributed by atoms with Crippen LogP contribution in [-0.2, 0) is 16.0 Å². The summed E-state index contributed by atoms with van der Waals surface area (Å²) in [6.45, 7) is 8.27. The van der Waals surface area contributed by atoms with E-state index in [0.717, 1.165) is 5.56 Å². The van der Waals surface area contributed by atoms with Crippen molar-refractivity contribution in [3.8, 4) is 0 Å². The van der Waals surface area contributed by atoms with Gasteiger partial charge in [0.05, 0.1) is 18.1 Å². The highest BCUT2D eigenvalue weighted by Gasteiger charge is 2.20. The number of nitrogens with zero attached hydrogens (tertiary/aromatic N) is 5. The Hall–Kier alpha value is -4.18. The molecule has 0 aliphatic rings. The van der Waals surface area contributed by atoms with Crippen molar-refractivity contribution in [3.63, 3.8) is 0 Å². The minimum Gasteiger partial charge on any atom is -0.462 e. The minimum absolute atomic E-state index is 0.00744. The summed E-state index contributed by atoms with van der Waals surface area (Å²) >= 11 is 0. The summed E-state index contributed by atoms with van der Waals surface area (Å²) in [5.74, 6) is -1.25. The monoisotopic (exact) mass is 503 g/mol. The third-order valence-electron chi connectivity index (χ3n) is 5.71. The number of carbonyl (C=O) groups excluding carboxylic acids is 2. The summed E-state index contributed by atoms with van der Waals surface area (Å²) in [6, 6.07) is 8.12. The van der Waals surface area contributed by atoms with Crippen LogP contribution >= 0.6 is 0 Å². The Balaban J connectivity index is 2.06. The minimum atomic E-state index is -0.688. The molecule has 0 radical (unpaired) electrons. The van der Waals surface area contributed by atoms with Gasteiger partial charge in [0.25, 0.3) is 11.5 Å². The quantitative estimate of drug-likeness (QED) is 0.206. The fourth-order valence-electron chi connectivity index (χ4n) is 3.98. The van der Waals surface area contributed by atoms with E-state index in [4.69, 9.17) is 14.5 Å². The molecule has 37 heavy (non-hydrogen) atoms. The second-order valence-corrected chi connectivity index (χ2v) is 8.72. The molecule has 4 aromatic rings. The second kappa shape index (κ2) is 11.3. The zero-order valence-electron chi connectivity index (χ0n) is 21.3. The lowest BCUT2D eigenvalue weighted by Gasteiger charge is -2.16. The molecule has 0 unspecified atom stereocenters. The lowest BCUT2D eigenvalue weighted by Crippen LogP contribution is -2.33. The molecule has 0 aromatic carbocycles. The van der Waals surface area contributed by atoms with Gasteiger partial charge in [-0.3, -0.25) is 19.0 Å². The predicted octanol–water partition coefficient (Wildman–Crippen LogP) is 3.09. The number of ether oxygens (including phenoxy) is 2. The number of hydrogen-bond donors (Lipinski definition) is 0. The van der Waals surface area contributed by atoms with E-state index in [9.17, 15) is 14.4 Å². The molecule has 10 heteroatoms. The molecule has 0 saturated heterocycles. The van der Waals surface area contributed by atoms with Crippen molar-refractivity contribution in [3.05, 3.63) is 81.5 Å². The second-order valence-electron chi connectivity index (χ2n) is 8.72. The Kier molecular flexibility index (Phi) is 7.88. The van der Waals surface area contributed by atoms with Crippen LogP contribution in [0.15, 0.2) is 58.7 Å². The predicted molar refractivity (Wildman–Crippen MR) is 137 cm³/mol. The zero-order valence-corrected chi connectivity index (χ0v) is 21.3. The Morgan fingerprint density at radius 2 is 1.89 bits per heavy atom. The molecule has 0 spiro atoms. The Morgan fingerprint density at radius 3 is 2.59 bits per heavy atom. The third kappa shape index (κ3) is 5.49. The number of aryl methyl sites for hydroxylation is 2. The van der Waals surface area contributed by atoms with Crippen molar-refractivity contribution in [1.82, 2.24) is 18.9 Å². The van der Waals surface area contributed by atoms with Gasteiger partial charge in [0.1, 0.15) is 16.9 Å². The lowest BCUT2D eigenvalue weighted by atomic mass is 10.2. The van der Waals surface area contributed by atoms with E-state index < -0.39 is 11.9 Å². The van der Waals surface area contributed by atoms with Crippen LogP contribution in [0.5, 0.6) is 0 Å². The molecule has 0 atom stereocenters. The largest absolute Gasteiger partial charge is 0.462 e. The molecule has 0 fully saturated rings. The number of esters is 1. The van der Waals surface area contributed by atoms with Gasteiger partial charge in [-0.1, -0.05) is 6.07 Å². The first-order valence-electron chi connectivity index (χ1n) is 12.1. The summed E-state index contributed by atoms with van der Waals surface area (Å²) in [4.78, 5) is 52.8. The van der Waals surface area contributed by atoms with Gasteiger partial charge in [-0.2, -0.15) is 4.99 Å². The molecule has 0 saturated carbocycles. The molecular formula is C27H29N5O5. The first kappa shape index (κ1) is 25.9. The molecule has 0 bridgehead atoms. The van der Waals surface area contributed by atoms with Gasteiger partial charge < -0.3 is 14.0 Å². The fraction of sp³-hybridized carbons (Fsp3) is 0.333. The van der Waals surface area contributed by atoms with Gasteiger partial charge in [0.2, 0.25) is 0 Å². The van der Waals surface area contributed by atoms with Crippen LogP contribution in [0, 0.1) is 6.92 Å². The van der Waals surface area contributed by atoms with Crippen LogP contribution in [-0.4, -0.2) is 50.1 Å². The van der Waals surface area contributed by atoms with Gasteiger partial charge in [-0.05, 0) is 63.9 Å². The van der Waals surface area contributed by atoms with E-state index >= 15 is 0 Å². The number of carbonyl (C=O) groups is 2. The van der Waals surface area contributed by atoms with Crippen LogP contribution < -0.4 is 11.0 Å². The van der Waals surface area contributed by atoms with Crippen molar-refractivity contribution in [1.29, 1.82) is 0 Å². The lowest BCUT2D eigenvalue weighted by molar-refractivity contribution is 0.0523. The number of fused-ring (bicyclic) bond motifs is 2. The Bertz CT molecular complexity index is 1590. The molecular weight excluding hydrogens is 474 g/mol. The topological polar surface area (TPSA) is 117 Å². The van der Waals surface area contributed by atoms with Crippen molar-refractivity contribution in [2.45, 2.75) is 46.8 Å². The van der Waals surface area contributed by atoms with Crippen LogP contribution in [0.1, 0.15) is 53.5 Å². The van der Waals surface area contributed by atoms with Crippen molar-refractivity contribution >= 4 is 28.6 Å². The molecule has 0 N–H and O–H groups in total. The molecule has 0 aliphatic carbocycles. The van der Waals surface area contributed by atoms with Gasteiger partial charge in [0.15, 0.2) is 5.49 Å². The molecule has 10 nitrogen and oxygen atoms in total. The van der Waals surface area contributed by atoms with Gasteiger partial charge in [0, 0.05) is 37.3 Å². The number of amides is 1. The van der Waals surface area contributed by atoms with Gasteiger partial charge in [-0.15, -0.1) is 0 Å². The molecule has 4 aromatic heterocycles. The van der Waals surface area contributed by atoms with E-state index in [1.54, 1.807) is 35.9 Å². The normalized spacial score (nSPS) is 12.0. The summed E-state index contributed by atoms with van der Waals surface area (Å²) < 4.78 is 14.1. The summed E-state index contributed by atoms with van der Waals surface area (Å²) in [5.41, 5.74) is 1.64. The van der Waals surface area contributed by atoms with Crippen LogP contribution in [0.4, 0.5) is 0 Å². The van der Waals surface area contributed by atoms with E-state index in [-0.39, 0.29) is 34.7 Å². The Morgan fingerprint density at radius 1 is 1.14 bits per heavy atom. The van der Waals surface area contributed by atoms with Crippen molar-refractivity contribution in [2.24, 2.45) is 4.99 Å². The number of rotatable bonds is 8. The molecule has 1 amide bonds. The summed E-state index contributed by atoms with van der Waals surface area (Å²) in [7, 11) is 0. The molecule has 0 aliphatic heterocycles. The highest BCUT2D eigenvalue weighted by atomic mass is 16.5. The van der Waals surface area contributed by atoms with Crippen molar-refractivity contribution < 1.29 is 19.1 Å². The maximum absolute atomic E-state index is 13.5. The van der Waals surface area contributed by atoms with Crippen LogP contribution in [0.2, 0.25) is 0 Å². The third-order valence-corrected chi connectivity index (χ3v) is 5.71. The van der Waals surface area contributed by atoms with Gasteiger partial charge in [-0.25, -0.2) is 9.78 Å². The van der Waals surface area contributed by atoms with E-state index in [2.05, 4.69) is 9.98 Å². The number of aromatic nitrogens is 4. The maximum atomic E-state index is 13.5. The first-order valence-corrected chi connectivity index (χ1v) is 12.1. The standard InChI is InChI=1S/C27H29N5O5/c1-5-36-27(35)21-16-20-23(29-22-18(4)8-6-13-32(22)26(20)34)31(14-7-15-37-17(2)3)24(21)30-25(33)19-9-11-28-12-10-19/h6,8-13,16-17H,5,7,14-15H2,1-4H3.